The summed E-state index contributed by atoms with van der Waals surface area (Å²) >= 11 is 0. The van der Waals surface area contributed by atoms with Crippen LogP contribution < -0.4 is 9.47 Å². The van der Waals surface area contributed by atoms with E-state index in [2.05, 4.69) is 0 Å². The van der Waals surface area contributed by atoms with Crippen molar-refractivity contribution >= 4 is 23.9 Å². The second kappa shape index (κ2) is 12.8. The van der Waals surface area contributed by atoms with Crippen LogP contribution in [0, 0.1) is 0 Å². The maximum Gasteiger partial charge on any atom is 0.311 e. The smallest absolute Gasteiger partial charge is 0.311 e. The Bertz CT molecular complexity index is 900. The van der Waals surface area contributed by atoms with Gasteiger partial charge in [-0.2, -0.15) is 0 Å². The van der Waals surface area contributed by atoms with Crippen LogP contribution in [0.5, 0.6) is 11.5 Å². The normalized spacial score (nSPS) is 12.4. The molecule has 0 unspecified atom stereocenters. The van der Waals surface area contributed by atoms with E-state index in [0.29, 0.717) is 48.7 Å². The van der Waals surface area contributed by atoms with Gasteiger partial charge in [0.2, 0.25) is 0 Å². The molecule has 0 radical (unpaired) electrons. The maximum atomic E-state index is 11.3. The number of ether oxygens (including phenoxy) is 2. The third-order valence-corrected chi connectivity index (χ3v) is 4.99. The Kier molecular flexibility index (Phi) is 9.88. The quantitative estimate of drug-likeness (QED) is 0.281. The van der Waals surface area contributed by atoms with Gasteiger partial charge in [0, 0.05) is 0 Å². The highest BCUT2D eigenvalue weighted by Crippen LogP contribution is 2.24. The van der Waals surface area contributed by atoms with E-state index in [1.54, 1.807) is 24.3 Å². The summed E-state index contributed by atoms with van der Waals surface area (Å²) in [6, 6.07) is 12.5. The molecule has 34 heavy (non-hydrogen) atoms. The van der Waals surface area contributed by atoms with Gasteiger partial charge in [-0.05, 0) is 48.2 Å². The van der Waals surface area contributed by atoms with Gasteiger partial charge in [-0.1, -0.05) is 24.3 Å². The molecule has 2 atom stereocenters. The molecular formula is C24H26O10. The molecule has 0 heterocycles. The van der Waals surface area contributed by atoms with E-state index < -0.39 is 48.6 Å². The fourth-order valence-electron chi connectivity index (χ4n) is 3.22. The Balaban J connectivity index is 1.73. The lowest BCUT2D eigenvalue weighted by Gasteiger charge is -2.12. The second-order valence-corrected chi connectivity index (χ2v) is 7.52. The second-order valence-electron chi connectivity index (χ2n) is 7.52. The van der Waals surface area contributed by atoms with Gasteiger partial charge in [-0.15, -0.1) is 0 Å². The lowest BCUT2D eigenvalue weighted by molar-refractivity contribution is -0.145. The number of unbranched alkanes of at least 4 members (excludes halogenated alkanes) is 1. The van der Waals surface area contributed by atoms with Gasteiger partial charge in [0.25, 0.3) is 0 Å². The van der Waals surface area contributed by atoms with Crippen LogP contribution in [0.4, 0.5) is 0 Å². The van der Waals surface area contributed by atoms with Crippen molar-refractivity contribution in [2.45, 2.75) is 37.5 Å². The molecule has 4 N–H and O–H groups in total. The highest BCUT2D eigenvalue weighted by molar-refractivity contribution is 5.83. The molecule has 2 aromatic carbocycles. The Morgan fingerprint density at radius 1 is 0.588 bits per heavy atom. The van der Waals surface area contributed by atoms with Crippen LogP contribution in [-0.4, -0.2) is 57.5 Å². The summed E-state index contributed by atoms with van der Waals surface area (Å²) in [7, 11) is 0. The number of hydrogen-bond donors (Lipinski definition) is 4. The number of carboxylic acids is 4. The molecule has 10 heteroatoms. The average molecular weight is 474 g/mol. The van der Waals surface area contributed by atoms with E-state index in [1.807, 2.05) is 0 Å². The van der Waals surface area contributed by atoms with E-state index in [0.717, 1.165) is 0 Å². The molecule has 0 aliphatic rings. The lowest BCUT2D eigenvalue weighted by Crippen LogP contribution is -2.15. The minimum Gasteiger partial charge on any atom is -0.494 e. The van der Waals surface area contributed by atoms with Gasteiger partial charge >= 0.3 is 23.9 Å². The Hall–Kier alpha value is -4.08. The first-order chi connectivity index (χ1) is 16.2. The Labute approximate surface area is 195 Å². The van der Waals surface area contributed by atoms with E-state index >= 15 is 0 Å². The minimum absolute atomic E-state index is 0.388. The molecule has 2 rings (SSSR count). The fraction of sp³-hybridized carbons (Fsp3) is 0.333. The van der Waals surface area contributed by atoms with Crippen LogP contribution >= 0.6 is 0 Å². The van der Waals surface area contributed by atoms with Crippen molar-refractivity contribution in [3.8, 4) is 11.5 Å². The third kappa shape index (κ3) is 8.45. The summed E-state index contributed by atoms with van der Waals surface area (Å²) in [5.41, 5.74) is 0.776. The molecular weight excluding hydrogens is 448 g/mol. The molecule has 0 bridgehead atoms. The number of hydrogen-bond acceptors (Lipinski definition) is 6. The molecule has 0 amide bonds. The first kappa shape index (κ1) is 26.2. The van der Waals surface area contributed by atoms with Crippen LogP contribution in [0.2, 0.25) is 0 Å². The van der Waals surface area contributed by atoms with E-state index in [9.17, 15) is 29.4 Å². The third-order valence-electron chi connectivity index (χ3n) is 4.99. The predicted molar refractivity (Wildman–Crippen MR) is 118 cm³/mol. The van der Waals surface area contributed by atoms with E-state index in [1.165, 1.54) is 24.3 Å². The summed E-state index contributed by atoms with van der Waals surface area (Å²) in [6.07, 6.45) is 0.355. The number of rotatable bonds is 15. The number of carbonyl (C=O) groups is 4. The van der Waals surface area contributed by atoms with Gasteiger partial charge < -0.3 is 29.9 Å². The van der Waals surface area contributed by atoms with Crippen molar-refractivity contribution in [1.29, 1.82) is 0 Å². The SMILES string of the molecule is O=C(O)C[C@H](C(=O)O)c1ccc(OCCCCOc2ccc([C@H](CC(=O)O)C(=O)O)cc2)cc1. The molecule has 0 saturated heterocycles. The molecule has 0 saturated carbocycles. The van der Waals surface area contributed by atoms with Crippen molar-refractivity contribution in [1.82, 2.24) is 0 Å². The van der Waals surface area contributed by atoms with Gasteiger partial charge in [-0.25, -0.2) is 0 Å². The molecule has 0 aliphatic heterocycles. The highest BCUT2D eigenvalue weighted by Gasteiger charge is 2.24. The molecule has 0 aliphatic carbocycles. The van der Waals surface area contributed by atoms with Crippen LogP contribution in [-0.2, 0) is 19.2 Å². The topological polar surface area (TPSA) is 168 Å². The Morgan fingerprint density at radius 2 is 0.912 bits per heavy atom. The first-order valence-corrected chi connectivity index (χ1v) is 10.5. The minimum atomic E-state index is -1.20. The summed E-state index contributed by atoms with van der Waals surface area (Å²) in [4.78, 5) is 44.2. The fourth-order valence-corrected chi connectivity index (χ4v) is 3.22. The van der Waals surface area contributed by atoms with Crippen molar-refractivity contribution in [2.75, 3.05) is 13.2 Å². The molecule has 182 valence electrons. The van der Waals surface area contributed by atoms with E-state index in [-0.39, 0.29) is 0 Å². The molecule has 2 aromatic rings. The van der Waals surface area contributed by atoms with Gasteiger partial charge in [0.15, 0.2) is 0 Å². The number of aliphatic carboxylic acids is 4. The Morgan fingerprint density at radius 3 is 1.18 bits per heavy atom. The summed E-state index contributed by atoms with van der Waals surface area (Å²) in [5, 5.41) is 36.1. The monoisotopic (exact) mass is 474 g/mol. The zero-order valence-corrected chi connectivity index (χ0v) is 18.3. The first-order valence-electron chi connectivity index (χ1n) is 10.5. The van der Waals surface area contributed by atoms with E-state index in [4.69, 9.17) is 19.7 Å². The summed E-state index contributed by atoms with van der Waals surface area (Å²) in [5.74, 6) is -5.94. The van der Waals surface area contributed by atoms with Crippen molar-refractivity contribution < 1.29 is 49.1 Å². The maximum absolute atomic E-state index is 11.3. The molecule has 10 nitrogen and oxygen atoms in total. The number of carboxylic acid groups (broad SMARTS) is 4. The summed E-state index contributed by atoms with van der Waals surface area (Å²) in [6.45, 7) is 0.795. The van der Waals surface area contributed by atoms with Crippen LogP contribution in [0.25, 0.3) is 0 Å². The molecule has 0 fully saturated rings. The predicted octanol–water partition coefficient (Wildman–Crippen LogP) is 3.21. The van der Waals surface area contributed by atoms with Crippen molar-refractivity contribution in [2.24, 2.45) is 0 Å². The number of benzene rings is 2. The zero-order chi connectivity index (χ0) is 25.1. The highest BCUT2D eigenvalue weighted by atomic mass is 16.5. The van der Waals surface area contributed by atoms with Gasteiger partial charge in [0.05, 0.1) is 37.9 Å². The molecule has 0 aromatic heterocycles. The standard InChI is InChI=1S/C24H26O10/c25-21(26)13-19(23(29)30)15-3-7-17(8-4-15)33-11-1-2-12-34-18-9-5-16(6-10-18)20(24(31)32)14-22(27)28/h3-10,19-20H,1-2,11-14H2,(H,25,26)(H,27,28)(H,29,30)(H,31,32)/t19-,20-/m0/s1. The largest absolute Gasteiger partial charge is 0.494 e. The van der Waals surface area contributed by atoms with Crippen LogP contribution in [0.15, 0.2) is 48.5 Å². The lowest BCUT2D eigenvalue weighted by atomic mass is 9.96. The van der Waals surface area contributed by atoms with Crippen molar-refractivity contribution in [3.63, 3.8) is 0 Å². The molecule has 0 spiro atoms. The average Bonchev–Trinajstić information content (AvgIpc) is 2.78. The van der Waals surface area contributed by atoms with Crippen molar-refractivity contribution in [3.05, 3.63) is 59.7 Å². The van der Waals surface area contributed by atoms with Gasteiger partial charge in [-0.3, -0.25) is 19.2 Å². The summed E-state index contributed by atoms with van der Waals surface area (Å²) < 4.78 is 11.2. The van der Waals surface area contributed by atoms with Crippen LogP contribution in [0.1, 0.15) is 48.6 Å². The van der Waals surface area contributed by atoms with Gasteiger partial charge in [0.1, 0.15) is 11.5 Å². The zero-order valence-electron chi connectivity index (χ0n) is 18.3. The van der Waals surface area contributed by atoms with Crippen LogP contribution in [0.3, 0.4) is 0 Å².